The Bertz CT molecular complexity index is 445. The first-order valence-corrected chi connectivity index (χ1v) is 6.08. The molecule has 1 aromatic carbocycles. The molecule has 0 aliphatic carbocycles. The van der Waals surface area contributed by atoms with Crippen LogP contribution in [0.1, 0.15) is 17.7 Å². The Hall–Kier alpha value is -0.680. The first-order chi connectivity index (χ1) is 6.32. The van der Waals surface area contributed by atoms with Crippen LogP contribution in [0.2, 0.25) is 0 Å². The standard InChI is InChI=1S/C8H7ClF2O2S/c1-5(14(9,12)13)6-2-3-7(10)8(11)4-6/h2-5H,1H3. The monoisotopic (exact) mass is 240 g/mol. The molecule has 0 aliphatic rings. The molecule has 0 spiro atoms. The second-order valence-electron chi connectivity index (χ2n) is 2.79. The molecule has 0 aromatic heterocycles. The van der Waals surface area contributed by atoms with Gasteiger partial charge in [0.1, 0.15) is 0 Å². The van der Waals surface area contributed by atoms with Gasteiger partial charge in [0.2, 0.25) is 9.05 Å². The Morgan fingerprint density at radius 3 is 2.29 bits per heavy atom. The number of rotatable bonds is 2. The smallest absolute Gasteiger partial charge is 0.212 e. The second kappa shape index (κ2) is 3.82. The van der Waals surface area contributed by atoms with E-state index in [1.807, 2.05) is 0 Å². The maximum atomic E-state index is 12.7. The summed E-state index contributed by atoms with van der Waals surface area (Å²) in [5.41, 5.74) is 0.124. The van der Waals surface area contributed by atoms with Crippen molar-refractivity contribution < 1.29 is 17.2 Å². The molecule has 2 nitrogen and oxygen atoms in total. The molecule has 1 rings (SSSR count). The molecule has 6 heteroatoms. The molecule has 0 aliphatic heterocycles. The van der Waals surface area contributed by atoms with Crippen LogP contribution >= 0.6 is 10.7 Å². The third-order valence-corrected chi connectivity index (χ3v) is 3.75. The van der Waals surface area contributed by atoms with Crippen LogP contribution in [0, 0.1) is 11.6 Å². The lowest BCUT2D eigenvalue weighted by molar-refractivity contribution is 0.507. The number of hydrogen-bond donors (Lipinski definition) is 0. The Morgan fingerprint density at radius 1 is 1.29 bits per heavy atom. The van der Waals surface area contributed by atoms with Crippen molar-refractivity contribution >= 4 is 19.7 Å². The van der Waals surface area contributed by atoms with Gasteiger partial charge >= 0.3 is 0 Å². The van der Waals surface area contributed by atoms with Crippen molar-refractivity contribution in [2.24, 2.45) is 0 Å². The Kier molecular flexibility index (Phi) is 3.11. The summed E-state index contributed by atoms with van der Waals surface area (Å²) in [6.45, 7) is 1.30. The van der Waals surface area contributed by atoms with Crippen molar-refractivity contribution in [2.75, 3.05) is 0 Å². The van der Waals surface area contributed by atoms with Crippen molar-refractivity contribution in [1.82, 2.24) is 0 Å². The van der Waals surface area contributed by atoms with E-state index in [-0.39, 0.29) is 5.56 Å². The normalized spacial score (nSPS) is 14.0. The molecule has 0 radical (unpaired) electrons. The van der Waals surface area contributed by atoms with E-state index in [1.54, 1.807) is 0 Å². The molecule has 14 heavy (non-hydrogen) atoms. The fourth-order valence-electron chi connectivity index (χ4n) is 0.928. The fraction of sp³-hybridized carbons (Fsp3) is 0.250. The van der Waals surface area contributed by atoms with Crippen LogP contribution in [-0.2, 0) is 9.05 Å². The van der Waals surface area contributed by atoms with Gasteiger partial charge in [-0.15, -0.1) is 0 Å². The average molecular weight is 241 g/mol. The van der Waals surface area contributed by atoms with Crippen LogP contribution in [-0.4, -0.2) is 8.42 Å². The summed E-state index contributed by atoms with van der Waals surface area (Å²) in [6.07, 6.45) is 0. The van der Waals surface area contributed by atoms with Crippen LogP contribution in [0.4, 0.5) is 8.78 Å². The van der Waals surface area contributed by atoms with Gasteiger partial charge in [0.25, 0.3) is 0 Å². The highest BCUT2D eigenvalue weighted by Gasteiger charge is 2.20. The van der Waals surface area contributed by atoms with E-state index in [0.717, 1.165) is 12.1 Å². The van der Waals surface area contributed by atoms with Gasteiger partial charge in [0, 0.05) is 10.7 Å². The van der Waals surface area contributed by atoms with Crippen molar-refractivity contribution in [2.45, 2.75) is 12.2 Å². The SMILES string of the molecule is CC(c1ccc(F)c(F)c1)S(=O)(=O)Cl. The minimum atomic E-state index is -3.80. The van der Waals surface area contributed by atoms with Gasteiger partial charge in [-0.25, -0.2) is 17.2 Å². The molecular weight excluding hydrogens is 234 g/mol. The van der Waals surface area contributed by atoms with Crippen molar-refractivity contribution in [3.63, 3.8) is 0 Å². The van der Waals surface area contributed by atoms with Crippen LogP contribution in [0.5, 0.6) is 0 Å². The summed E-state index contributed by atoms with van der Waals surface area (Å²) in [6, 6.07) is 2.87. The highest BCUT2D eigenvalue weighted by molar-refractivity contribution is 8.13. The lowest BCUT2D eigenvalue weighted by atomic mass is 10.1. The molecule has 0 N–H and O–H groups in total. The zero-order valence-corrected chi connectivity index (χ0v) is 8.74. The number of hydrogen-bond acceptors (Lipinski definition) is 2. The van der Waals surface area contributed by atoms with Gasteiger partial charge in [-0.2, -0.15) is 0 Å². The quantitative estimate of drug-likeness (QED) is 0.745. The molecule has 1 unspecified atom stereocenters. The minimum absolute atomic E-state index is 0.124. The third kappa shape index (κ3) is 2.42. The van der Waals surface area contributed by atoms with E-state index in [1.165, 1.54) is 13.0 Å². The largest absolute Gasteiger partial charge is 0.239 e. The minimum Gasteiger partial charge on any atom is -0.212 e. The van der Waals surface area contributed by atoms with Crippen LogP contribution in [0.15, 0.2) is 18.2 Å². The lowest BCUT2D eigenvalue weighted by Gasteiger charge is -2.07. The lowest BCUT2D eigenvalue weighted by Crippen LogP contribution is -2.03. The van der Waals surface area contributed by atoms with E-state index in [2.05, 4.69) is 0 Å². The molecular formula is C8H7ClF2O2S. The highest BCUT2D eigenvalue weighted by Crippen LogP contribution is 2.25. The zero-order chi connectivity index (χ0) is 10.9. The first kappa shape index (κ1) is 11.4. The van der Waals surface area contributed by atoms with Crippen molar-refractivity contribution in [3.05, 3.63) is 35.4 Å². The third-order valence-electron chi connectivity index (χ3n) is 1.84. The first-order valence-electron chi connectivity index (χ1n) is 3.71. The predicted molar refractivity (Wildman–Crippen MR) is 49.5 cm³/mol. The molecule has 0 saturated carbocycles. The maximum Gasteiger partial charge on any atom is 0.239 e. The molecule has 0 bridgehead atoms. The summed E-state index contributed by atoms with van der Waals surface area (Å²) < 4.78 is 47.0. The van der Waals surface area contributed by atoms with E-state index >= 15 is 0 Å². The average Bonchev–Trinajstić information content (AvgIpc) is 2.07. The van der Waals surface area contributed by atoms with Crippen molar-refractivity contribution in [3.8, 4) is 0 Å². The summed E-state index contributed by atoms with van der Waals surface area (Å²) >= 11 is 0. The molecule has 0 amide bonds. The van der Waals surface area contributed by atoms with Gasteiger partial charge in [-0.1, -0.05) is 6.07 Å². The zero-order valence-electron chi connectivity index (χ0n) is 7.17. The molecule has 1 atom stereocenters. The maximum absolute atomic E-state index is 12.7. The summed E-state index contributed by atoms with van der Waals surface area (Å²) in [4.78, 5) is 0. The van der Waals surface area contributed by atoms with Crippen LogP contribution < -0.4 is 0 Å². The van der Waals surface area contributed by atoms with Gasteiger partial charge in [-0.3, -0.25) is 0 Å². The molecule has 0 fully saturated rings. The summed E-state index contributed by atoms with van der Waals surface area (Å²) in [5.74, 6) is -2.11. The molecule has 1 aromatic rings. The molecule has 78 valence electrons. The van der Waals surface area contributed by atoms with E-state index in [9.17, 15) is 17.2 Å². The van der Waals surface area contributed by atoms with Crippen LogP contribution in [0.3, 0.4) is 0 Å². The Balaban J connectivity index is 3.16. The molecule has 0 saturated heterocycles. The number of halogens is 3. The second-order valence-corrected chi connectivity index (χ2v) is 5.74. The van der Waals surface area contributed by atoms with Gasteiger partial charge in [0.15, 0.2) is 11.6 Å². The van der Waals surface area contributed by atoms with E-state index in [4.69, 9.17) is 10.7 Å². The summed E-state index contributed by atoms with van der Waals surface area (Å²) in [5, 5.41) is -1.06. The van der Waals surface area contributed by atoms with E-state index in [0.29, 0.717) is 0 Å². The van der Waals surface area contributed by atoms with Crippen molar-refractivity contribution in [1.29, 1.82) is 0 Å². The topological polar surface area (TPSA) is 34.1 Å². The fourth-order valence-corrected chi connectivity index (χ4v) is 1.71. The van der Waals surface area contributed by atoms with Gasteiger partial charge in [0.05, 0.1) is 5.25 Å². The molecule has 0 heterocycles. The Morgan fingerprint density at radius 2 is 1.86 bits per heavy atom. The van der Waals surface area contributed by atoms with Gasteiger partial charge < -0.3 is 0 Å². The van der Waals surface area contributed by atoms with E-state index < -0.39 is 25.9 Å². The number of benzene rings is 1. The van der Waals surface area contributed by atoms with Crippen LogP contribution in [0.25, 0.3) is 0 Å². The summed E-state index contributed by atoms with van der Waals surface area (Å²) in [7, 11) is 1.26. The highest BCUT2D eigenvalue weighted by atomic mass is 35.7. The predicted octanol–water partition coefficient (Wildman–Crippen LogP) is 2.59. The van der Waals surface area contributed by atoms with Gasteiger partial charge in [-0.05, 0) is 24.6 Å². The Labute approximate surface area is 84.9 Å².